The maximum absolute atomic E-state index is 11.5. The first-order chi connectivity index (χ1) is 17.9. The maximum atomic E-state index is 11.5. The Hall–Kier alpha value is -3.45. The van der Waals surface area contributed by atoms with Gasteiger partial charge in [0, 0.05) is 36.8 Å². The molecule has 1 aliphatic heterocycles. The molecule has 0 saturated carbocycles. The molecule has 7 heteroatoms. The summed E-state index contributed by atoms with van der Waals surface area (Å²) in [5, 5.41) is 10.3. The molecule has 7 nitrogen and oxygen atoms in total. The fourth-order valence-electron chi connectivity index (χ4n) is 5.42. The Kier molecular flexibility index (Phi) is 8.13. The second-order valence-corrected chi connectivity index (χ2v) is 10.2. The van der Waals surface area contributed by atoms with Crippen LogP contribution >= 0.6 is 0 Å². The summed E-state index contributed by atoms with van der Waals surface area (Å²) in [5.41, 5.74) is 11.3. The van der Waals surface area contributed by atoms with E-state index in [1.807, 2.05) is 19.9 Å². The number of fused-ring (bicyclic) bond motifs is 3. The molecule has 0 unspecified atom stereocenters. The molecule has 196 valence electrons. The van der Waals surface area contributed by atoms with E-state index in [0.29, 0.717) is 23.4 Å². The van der Waals surface area contributed by atoms with Crippen molar-refractivity contribution in [2.24, 2.45) is 0 Å². The number of nitrogens with zero attached hydrogens (tertiary/aromatic N) is 4. The van der Waals surface area contributed by atoms with Crippen LogP contribution in [-0.2, 0) is 19.5 Å². The number of nitrogens with two attached hydrogens (primary N) is 1. The molecule has 2 aromatic heterocycles. The van der Waals surface area contributed by atoms with Gasteiger partial charge in [0.25, 0.3) is 0 Å². The van der Waals surface area contributed by atoms with E-state index in [9.17, 15) is 9.90 Å². The number of carboxylic acids is 1. The Bertz CT molecular complexity index is 1390. The summed E-state index contributed by atoms with van der Waals surface area (Å²) in [5.74, 6) is 0.350. The summed E-state index contributed by atoms with van der Waals surface area (Å²) in [7, 11) is 2.36. The zero-order chi connectivity index (χ0) is 26.6. The molecule has 0 aliphatic carbocycles. The minimum atomic E-state index is -0.977. The molecular formula is C30H40N5O2+. The first kappa shape index (κ1) is 26.6. The van der Waals surface area contributed by atoms with E-state index in [1.54, 1.807) is 12.1 Å². The maximum Gasteiger partial charge on any atom is 0.335 e. The molecule has 3 N–H and O–H groups in total. The van der Waals surface area contributed by atoms with Gasteiger partial charge in [0.1, 0.15) is 17.9 Å². The van der Waals surface area contributed by atoms with Crippen molar-refractivity contribution in [3.8, 4) is 0 Å². The molecule has 1 aliphatic rings. The number of hydrogen-bond acceptors (Lipinski definition) is 4. The summed E-state index contributed by atoms with van der Waals surface area (Å²) in [6, 6.07) is 14.0. The molecule has 37 heavy (non-hydrogen) atoms. The Morgan fingerprint density at radius 1 is 1.05 bits per heavy atom. The SMILES string of the molecule is CC.CCCCc1nc2c(N)nc3cc(C(=O)O)ccc3c2n1Cc1ccc(C[N+]2(C)CCCC2)cc1. The molecule has 0 amide bonds. The molecule has 4 aromatic rings. The number of anilines is 1. The highest BCUT2D eigenvalue weighted by atomic mass is 16.4. The van der Waals surface area contributed by atoms with Crippen LogP contribution in [0, 0.1) is 0 Å². The zero-order valence-corrected chi connectivity index (χ0v) is 22.6. The number of aromatic carboxylic acids is 1. The van der Waals surface area contributed by atoms with Gasteiger partial charge in [-0.1, -0.05) is 51.5 Å². The molecular weight excluding hydrogens is 462 g/mol. The summed E-state index contributed by atoms with van der Waals surface area (Å²) >= 11 is 0. The molecule has 0 bridgehead atoms. The van der Waals surface area contributed by atoms with Crippen molar-refractivity contribution in [2.75, 3.05) is 25.9 Å². The highest BCUT2D eigenvalue weighted by Crippen LogP contribution is 2.31. The van der Waals surface area contributed by atoms with Crippen LogP contribution in [0.4, 0.5) is 5.82 Å². The van der Waals surface area contributed by atoms with Crippen molar-refractivity contribution in [3.05, 3.63) is 65.0 Å². The monoisotopic (exact) mass is 502 g/mol. The van der Waals surface area contributed by atoms with Crippen molar-refractivity contribution in [3.63, 3.8) is 0 Å². The van der Waals surface area contributed by atoms with Gasteiger partial charge in [0.2, 0.25) is 0 Å². The lowest BCUT2D eigenvalue weighted by molar-refractivity contribution is -0.910. The molecule has 2 aromatic carbocycles. The number of hydrogen-bond donors (Lipinski definition) is 2. The van der Waals surface area contributed by atoms with E-state index in [1.165, 1.54) is 37.1 Å². The topological polar surface area (TPSA) is 94.0 Å². The van der Waals surface area contributed by atoms with Gasteiger partial charge >= 0.3 is 5.97 Å². The number of nitrogen functional groups attached to an aromatic ring is 1. The molecule has 5 rings (SSSR count). The minimum Gasteiger partial charge on any atom is -0.478 e. The molecule has 1 fully saturated rings. The fourth-order valence-corrected chi connectivity index (χ4v) is 5.42. The number of rotatable bonds is 8. The number of likely N-dealkylation sites (tertiary alicyclic amines) is 1. The summed E-state index contributed by atoms with van der Waals surface area (Å²) in [6.07, 6.45) is 5.61. The number of benzene rings is 2. The Morgan fingerprint density at radius 2 is 1.73 bits per heavy atom. The average Bonchev–Trinajstić information content (AvgIpc) is 3.49. The van der Waals surface area contributed by atoms with Crippen molar-refractivity contribution in [1.82, 2.24) is 14.5 Å². The number of imidazole rings is 1. The van der Waals surface area contributed by atoms with Crippen LogP contribution in [0.2, 0.25) is 0 Å². The van der Waals surface area contributed by atoms with Crippen LogP contribution in [0.1, 0.15) is 73.8 Å². The second-order valence-electron chi connectivity index (χ2n) is 10.2. The molecule has 0 radical (unpaired) electrons. The van der Waals surface area contributed by atoms with Gasteiger partial charge in [0.05, 0.1) is 36.7 Å². The number of pyridine rings is 1. The van der Waals surface area contributed by atoms with Crippen LogP contribution in [0.15, 0.2) is 42.5 Å². The third-order valence-corrected chi connectivity index (χ3v) is 7.36. The van der Waals surface area contributed by atoms with Gasteiger partial charge in [-0.3, -0.25) is 0 Å². The third kappa shape index (κ3) is 5.62. The highest BCUT2D eigenvalue weighted by Gasteiger charge is 2.27. The second kappa shape index (κ2) is 11.3. The fraction of sp³-hybridized carbons (Fsp3) is 0.433. The van der Waals surface area contributed by atoms with Crippen molar-refractivity contribution in [2.45, 2.75) is 66.0 Å². The van der Waals surface area contributed by atoms with Crippen LogP contribution in [-0.4, -0.2) is 50.2 Å². The third-order valence-electron chi connectivity index (χ3n) is 7.36. The standard InChI is InChI=1S/C28H33N5O2.C2H6/c1-3-4-7-24-31-25-26(22-13-12-21(28(34)35)16-23(22)30-27(25)29)32(24)17-19-8-10-20(11-9-19)18-33(2)14-5-6-15-33;1-2/h8-13,16H,3-7,14-15,17-18H2,1-2H3,(H2-,29,30,34,35);1-2H3/p+1. The Morgan fingerprint density at radius 3 is 2.38 bits per heavy atom. The smallest absolute Gasteiger partial charge is 0.335 e. The highest BCUT2D eigenvalue weighted by molar-refractivity contribution is 6.08. The molecule has 1 saturated heterocycles. The number of carbonyl (C=O) groups is 1. The van der Waals surface area contributed by atoms with Crippen LogP contribution < -0.4 is 5.73 Å². The van der Waals surface area contributed by atoms with Gasteiger partial charge in [0.15, 0.2) is 5.82 Å². The van der Waals surface area contributed by atoms with Gasteiger partial charge < -0.3 is 19.9 Å². The number of aromatic nitrogens is 3. The van der Waals surface area contributed by atoms with Crippen LogP contribution in [0.25, 0.3) is 21.9 Å². The van der Waals surface area contributed by atoms with E-state index in [4.69, 9.17) is 10.7 Å². The summed E-state index contributed by atoms with van der Waals surface area (Å²) in [4.78, 5) is 20.9. The molecule has 3 heterocycles. The molecule has 0 atom stereocenters. The van der Waals surface area contributed by atoms with Gasteiger partial charge in [-0.2, -0.15) is 0 Å². The predicted molar refractivity (Wildman–Crippen MR) is 151 cm³/mol. The van der Waals surface area contributed by atoms with Gasteiger partial charge in [-0.15, -0.1) is 0 Å². The normalized spacial score (nSPS) is 14.6. The first-order valence-electron chi connectivity index (χ1n) is 13.6. The number of unbranched alkanes of at least 4 members (excludes halogenated alkanes) is 1. The van der Waals surface area contributed by atoms with Crippen molar-refractivity contribution >= 4 is 33.7 Å². The minimum absolute atomic E-state index is 0.200. The average molecular weight is 503 g/mol. The van der Waals surface area contributed by atoms with E-state index < -0.39 is 5.97 Å². The summed E-state index contributed by atoms with van der Waals surface area (Å²) in [6.45, 7) is 10.5. The summed E-state index contributed by atoms with van der Waals surface area (Å²) < 4.78 is 3.37. The lowest BCUT2D eigenvalue weighted by atomic mass is 10.1. The van der Waals surface area contributed by atoms with E-state index in [-0.39, 0.29) is 5.56 Å². The number of aryl methyl sites for hydroxylation is 1. The van der Waals surface area contributed by atoms with E-state index in [2.05, 4.69) is 47.8 Å². The Balaban J connectivity index is 0.00000156. The number of carboxylic acid groups (broad SMARTS) is 1. The zero-order valence-electron chi connectivity index (χ0n) is 22.6. The Labute approximate surface area is 219 Å². The molecule has 0 spiro atoms. The van der Waals surface area contributed by atoms with Crippen molar-refractivity contribution < 1.29 is 14.4 Å². The van der Waals surface area contributed by atoms with Gasteiger partial charge in [-0.25, -0.2) is 14.8 Å². The number of quaternary nitrogens is 1. The van der Waals surface area contributed by atoms with Crippen LogP contribution in [0.5, 0.6) is 0 Å². The van der Waals surface area contributed by atoms with E-state index in [0.717, 1.165) is 47.0 Å². The predicted octanol–water partition coefficient (Wildman–Crippen LogP) is 6.02. The van der Waals surface area contributed by atoms with Gasteiger partial charge in [-0.05, 0) is 30.2 Å². The first-order valence-corrected chi connectivity index (χ1v) is 13.6. The lowest BCUT2D eigenvalue weighted by Crippen LogP contribution is -2.39. The van der Waals surface area contributed by atoms with Crippen LogP contribution in [0.3, 0.4) is 0 Å². The van der Waals surface area contributed by atoms with Crippen molar-refractivity contribution in [1.29, 1.82) is 0 Å². The largest absolute Gasteiger partial charge is 0.478 e. The quantitative estimate of drug-likeness (QED) is 0.287. The lowest BCUT2D eigenvalue weighted by Gasteiger charge is -2.29. The van der Waals surface area contributed by atoms with E-state index >= 15 is 0 Å².